The summed E-state index contributed by atoms with van der Waals surface area (Å²) in [5.41, 5.74) is 2.81. The first-order chi connectivity index (χ1) is 16.9. The van der Waals surface area contributed by atoms with Crippen molar-refractivity contribution in [2.24, 2.45) is 0 Å². The smallest absolute Gasteiger partial charge is 0.261 e. The molecule has 0 fully saturated rings. The van der Waals surface area contributed by atoms with Crippen LogP contribution >= 0.6 is 28.1 Å². The summed E-state index contributed by atoms with van der Waals surface area (Å²) in [7, 11) is 1.58. The van der Waals surface area contributed by atoms with Crippen LogP contribution in [0.2, 0.25) is 0 Å². The maximum absolute atomic E-state index is 12.8. The molecule has 0 radical (unpaired) electrons. The van der Waals surface area contributed by atoms with Gasteiger partial charge in [-0.25, -0.2) is 0 Å². The van der Waals surface area contributed by atoms with E-state index in [4.69, 9.17) is 21.7 Å². The summed E-state index contributed by atoms with van der Waals surface area (Å²) >= 11 is 8.67. The molecule has 3 N–H and O–H groups in total. The van der Waals surface area contributed by atoms with Crippen molar-refractivity contribution in [3.63, 3.8) is 0 Å². The lowest BCUT2D eigenvalue weighted by molar-refractivity contribution is -0.116. The van der Waals surface area contributed by atoms with Crippen LogP contribution in [0.5, 0.6) is 5.75 Å². The zero-order valence-electron chi connectivity index (χ0n) is 19.2. The highest BCUT2D eigenvalue weighted by atomic mass is 79.9. The number of halogens is 1. The lowest BCUT2D eigenvalue weighted by Gasteiger charge is -2.14. The number of amides is 2. The third-order valence-corrected chi connectivity index (χ3v) is 5.57. The van der Waals surface area contributed by atoms with Crippen molar-refractivity contribution in [3.05, 3.63) is 88.4 Å². The molecule has 2 amide bonds. The average Bonchev–Trinajstić information content (AvgIpc) is 2.85. The SMILES string of the molecule is COCCOc1ccc(Br)cc1C(=O)NC(=S)Nc1ccc(NC(=O)CCc2ccccc2)cc1. The number of hydrogen-bond acceptors (Lipinski definition) is 5. The molecule has 0 aliphatic heterocycles. The third kappa shape index (κ3) is 8.79. The Balaban J connectivity index is 1.51. The van der Waals surface area contributed by atoms with Crippen LogP contribution < -0.4 is 20.7 Å². The van der Waals surface area contributed by atoms with Gasteiger partial charge in [-0.3, -0.25) is 14.9 Å². The van der Waals surface area contributed by atoms with Gasteiger partial charge in [0.15, 0.2) is 5.11 Å². The number of carbonyl (C=O) groups is 2. The summed E-state index contributed by atoms with van der Waals surface area (Å²) < 4.78 is 11.4. The van der Waals surface area contributed by atoms with Gasteiger partial charge in [-0.05, 0) is 66.7 Å². The Morgan fingerprint density at radius 3 is 2.29 bits per heavy atom. The van der Waals surface area contributed by atoms with Crippen molar-refractivity contribution < 1.29 is 19.1 Å². The third-order valence-electron chi connectivity index (χ3n) is 4.87. The van der Waals surface area contributed by atoms with Gasteiger partial charge in [0.1, 0.15) is 12.4 Å². The number of thiocarbonyl (C=S) groups is 1. The standard InChI is InChI=1S/C26H26BrN3O4S/c1-33-15-16-34-23-13-8-19(27)17-22(23)25(32)30-26(35)29-21-11-9-20(10-12-21)28-24(31)14-7-18-5-3-2-4-6-18/h2-6,8-13,17H,7,14-16H2,1H3,(H,28,31)(H2,29,30,32,35). The Morgan fingerprint density at radius 1 is 0.914 bits per heavy atom. The molecule has 0 saturated carbocycles. The van der Waals surface area contributed by atoms with Crippen molar-refractivity contribution in [1.29, 1.82) is 0 Å². The zero-order valence-corrected chi connectivity index (χ0v) is 21.6. The average molecular weight is 556 g/mol. The molecular formula is C26H26BrN3O4S. The normalized spacial score (nSPS) is 10.3. The van der Waals surface area contributed by atoms with E-state index in [9.17, 15) is 9.59 Å². The fraction of sp³-hybridized carbons (Fsp3) is 0.192. The highest BCUT2D eigenvalue weighted by Gasteiger charge is 2.15. The van der Waals surface area contributed by atoms with E-state index in [1.54, 1.807) is 49.6 Å². The molecule has 0 bridgehead atoms. The molecule has 0 heterocycles. The summed E-state index contributed by atoms with van der Waals surface area (Å²) in [5, 5.41) is 8.65. The number of anilines is 2. The first kappa shape index (κ1) is 26.3. The minimum Gasteiger partial charge on any atom is -0.490 e. The molecular weight excluding hydrogens is 530 g/mol. The maximum atomic E-state index is 12.8. The Labute approximate surface area is 218 Å². The van der Waals surface area contributed by atoms with E-state index in [2.05, 4.69) is 31.9 Å². The predicted molar refractivity (Wildman–Crippen MR) is 145 cm³/mol. The van der Waals surface area contributed by atoms with Crippen LogP contribution in [0.4, 0.5) is 11.4 Å². The number of benzene rings is 3. The molecule has 0 spiro atoms. The molecule has 0 aromatic heterocycles. The number of carbonyl (C=O) groups excluding carboxylic acids is 2. The van der Waals surface area contributed by atoms with Crippen molar-refractivity contribution >= 4 is 56.4 Å². The van der Waals surface area contributed by atoms with Gasteiger partial charge >= 0.3 is 0 Å². The molecule has 0 saturated heterocycles. The monoisotopic (exact) mass is 555 g/mol. The van der Waals surface area contributed by atoms with Crippen LogP contribution in [0.25, 0.3) is 0 Å². The first-order valence-corrected chi connectivity index (χ1v) is 12.1. The maximum Gasteiger partial charge on any atom is 0.261 e. The van der Waals surface area contributed by atoms with Crippen molar-refractivity contribution in [2.45, 2.75) is 12.8 Å². The second-order valence-electron chi connectivity index (χ2n) is 7.50. The van der Waals surface area contributed by atoms with Crippen molar-refractivity contribution in [1.82, 2.24) is 5.32 Å². The number of aryl methyl sites for hydroxylation is 1. The zero-order chi connectivity index (χ0) is 25.0. The summed E-state index contributed by atoms with van der Waals surface area (Å²) in [4.78, 5) is 25.0. The summed E-state index contributed by atoms with van der Waals surface area (Å²) in [6, 6.07) is 22.1. The molecule has 0 unspecified atom stereocenters. The molecule has 0 aliphatic carbocycles. The minimum absolute atomic E-state index is 0.0603. The molecule has 3 aromatic carbocycles. The van der Waals surface area contributed by atoms with Crippen LogP contribution in [-0.2, 0) is 16.0 Å². The lowest BCUT2D eigenvalue weighted by Crippen LogP contribution is -2.34. The first-order valence-electron chi connectivity index (χ1n) is 10.9. The van der Waals surface area contributed by atoms with Crippen LogP contribution in [0, 0.1) is 0 Å². The van der Waals surface area contributed by atoms with Gasteiger partial charge in [-0.1, -0.05) is 46.3 Å². The van der Waals surface area contributed by atoms with Gasteiger partial charge in [0.25, 0.3) is 5.91 Å². The second-order valence-corrected chi connectivity index (χ2v) is 8.83. The number of hydrogen-bond donors (Lipinski definition) is 3. The van der Waals surface area contributed by atoms with Gasteiger partial charge in [-0.15, -0.1) is 0 Å². The van der Waals surface area contributed by atoms with Crippen molar-refractivity contribution in [3.8, 4) is 5.75 Å². The quantitative estimate of drug-likeness (QED) is 0.236. The Bertz CT molecular complexity index is 1160. The summed E-state index contributed by atoms with van der Waals surface area (Å²) in [6.07, 6.45) is 1.07. The van der Waals surface area contributed by atoms with E-state index in [0.717, 1.165) is 10.0 Å². The molecule has 7 nitrogen and oxygen atoms in total. The number of nitrogens with one attached hydrogen (secondary N) is 3. The van der Waals surface area contributed by atoms with E-state index in [1.165, 1.54) is 0 Å². The van der Waals surface area contributed by atoms with Crippen LogP contribution in [-0.4, -0.2) is 37.3 Å². The Hall–Kier alpha value is -3.27. The molecule has 3 rings (SSSR count). The van der Waals surface area contributed by atoms with Gasteiger partial charge in [0.2, 0.25) is 5.91 Å². The van der Waals surface area contributed by atoms with E-state index in [0.29, 0.717) is 48.7 Å². The van der Waals surface area contributed by atoms with Gasteiger partial charge in [-0.2, -0.15) is 0 Å². The van der Waals surface area contributed by atoms with E-state index in [-0.39, 0.29) is 11.0 Å². The van der Waals surface area contributed by atoms with Gasteiger partial charge < -0.3 is 20.1 Å². The fourth-order valence-corrected chi connectivity index (χ4v) is 3.71. The van der Waals surface area contributed by atoms with Gasteiger partial charge in [0, 0.05) is 29.4 Å². The fourth-order valence-electron chi connectivity index (χ4n) is 3.14. The molecule has 9 heteroatoms. The lowest BCUT2D eigenvalue weighted by atomic mass is 10.1. The molecule has 35 heavy (non-hydrogen) atoms. The molecule has 182 valence electrons. The second kappa shape index (κ2) is 13.6. The molecule has 0 atom stereocenters. The highest BCUT2D eigenvalue weighted by Crippen LogP contribution is 2.23. The summed E-state index contributed by atoms with van der Waals surface area (Å²) in [5.74, 6) is -0.0358. The highest BCUT2D eigenvalue weighted by molar-refractivity contribution is 9.10. The van der Waals surface area contributed by atoms with Crippen LogP contribution in [0.1, 0.15) is 22.3 Å². The predicted octanol–water partition coefficient (Wildman–Crippen LogP) is 5.17. The topological polar surface area (TPSA) is 88.7 Å². The number of rotatable bonds is 10. The Morgan fingerprint density at radius 2 is 1.60 bits per heavy atom. The summed E-state index contributed by atoms with van der Waals surface area (Å²) in [6.45, 7) is 0.719. The van der Waals surface area contributed by atoms with E-state index in [1.807, 2.05) is 30.3 Å². The Kier molecular flexibility index (Phi) is 10.2. The van der Waals surface area contributed by atoms with Gasteiger partial charge in [0.05, 0.1) is 12.2 Å². The molecule has 0 aliphatic rings. The van der Waals surface area contributed by atoms with Crippen LogP contribution in [0.15, 0.2) is 77.3 Å². The largest absolute Gasteiger partial charge is 0.490 e. The number of ether oxygens (including phenoxy) is 2. The van der Waals surface area contributed by atoms with E-state index >= 15 is 0 Å². The van der Waals surface area contributed by atoms with Crippen molar-refractivity contribution in [2.75, 3.05) is 31.0 Å². The van der Waals surface area contributed by atoms with Crippen LogP contribution in [0.3, 0.4) is 0 Å². The molecule has 3 aromatic rings. The minimum atomic E-state index is -0.404. The number of methoxy groups -OCH3 is 1. The van der Waals surface area contributed by atoms with E-state index < -0.39 is 5.91 Å².